The third-order valence-electron chi connectivity index (χ3n) is 3.30. The molecule has 8 heteroatoms. The molecule has 2 heterocycles. The Hall–Kier alpha value is -2.93. The summed E-state index contributed by atoms with van der Waals surface area (Å²) >= 11 is 5.87. The van der Waals surface area contributed by atoms with E-state index in [2.05, 4.69) is 20.9 Å². The minimum atomic E-state index is -0.592. The fraction of sp³-hybridized carbons (Fsp3) is 0.0625. The summed E-state index contributed by atoms with van der Waals surface area (Å²) in [6.45, 7) is 0. The van der Waals surface area contributed by atoms with Crippen molar-refractivity contribution in [3.05, 3.63) is 65.3 Å². The second kappa shape index (κ2) is 6.67. The number of amides is 1. The Bertz CT molecular complexity index is 861. The van der Waals surface area contributed by atoms with Crippen LogP contribution >= 0.6 is 11.6 Å². The van der Waals surface area contributed by atoms with Crippen LogP contribution in [0.3, 0.4) is 0 Å². The van der Waals surface area contributed by atoms with Crippen LogP contribution in [-0.4, -0.2) is 20.7 Å². The molecule has 1 amide bonds. The molecule has 1 aromatic carbocycles. The Morgan fingerprint density at radius 3 is 2.62 bits per heavy atom. The number of anilines is 1. The van der Waals surface area contributed by atoms with Gasteiger partial charge in [-0.05, 0) is 30.3 Å². The Morgan fingerprint density at radius 1 is 1.21 bits per heavy atom. The number of aryl methyl sites for hydroxylation is 1. The van der Waals surface area contributed by atoms with Crippen molar-refractivity contribution in [2.75, 3.05) is 5.43 Å². The van der Waals surface area contributed by atoms with Crippen LogP contribution in [0.25, 0.3) is 11.3 Å². The highest BCUT2D eigenvalue weighted by molar-refractivity contribution is 6.30. The first-order chi connectivity index (χ1) is 11.5. The Morgan fingerprint density at radius 2 is 1.96 bits per heavy atom. The lowest BCUT2D eigenvalue weighted by molar-refractivity contribution is 0.0953. The van der Waals surface area contributed by atoms with Gasteiger partial charge in [-0.15, -0.1) is 0 Å². The van der Waals surface area contributed by atoms with Crippen LogP contribution in [0.4, 0.5) is 10.1 Å². The summed E-state index contributed by atoms with van der Waals surface area (Å²) in [4.78, 5) is 15.7. The molecule has 122 valence electrons. The van der Waals surface area contributed by atoms with E-state index in [0.717, 1.165) is 5.56 Å². The lowest BCUT2D eigenvalue weighted by Gasteiger charge is -2.07. The molecule has 2 aromatic heterocycles. The second-order valence-corrected chi connectivity index (χ2v) is 5.43. The molecule has 0 bridgehead atoms. The molecule has 0 spiro atoms. The third-order valence-corrected chi connectivity index (χ3v) is 3.55. The molecule has 2 N–H and O–H groups in total. The van der Waals surface area contributed by atoms with Gasteiger partial charge in [0.2, 0.25) is 5.95 Å². The van der Waals surface area contributed by atoms with E-state index in [0.29, 0.717) is 22.1 Å². The van der Waals surface area contributed by atoms with Gasteiger partial charge in [-0.1, -0.05) is 23.7 Å². The normalized spacial score (nSPS) is 10.5. The maximum Gasteiger partial charge on any atom is 0.287 e. The van der Waals surface area contributed by atoms with Crippen molar-refractivity contribution in [3.63, 3.8) is 0 Å². The number of nitrogens with one attached hydrogen (secondary N) is 2. The van der Waals surface area contributed by atoms with Crippen molar-refractivity contribution >= 4 is 23.2 Å². The SMILES string of the molecule is Cn1nc(-c2ccc(Cl)cc2)cc1C(=O)NNc1ccc(F)nc1. The van der Waals surface area contributed by atoms with E-state index in [9.17, 15) is 9.18 Å². The van der Waals surface area contributed by atoms with Crippen LogP contribution in [0.5, 0.6) is 0 Å². The van der Waals surface area contributed by atoms with Gasteiger partial charge in [0.15, 0.2) is 0 Å². The summed E-state index contributed by atoms with van der Waals surface area (Å²) in [6, 6.07) is 11.5. The lowest BCUT2D eigenvalue weighted by atomic mass is 10.1. The molecule has 6 nitrogen and oxygen atoms in total. The average Bonchev–Trinajstić information content (AvgIpc) is 2.96. The van der Waals surface area contributed by atoms with E-state index in [4.69, 9.17) is 11.6 Å². The molecular weight excluding hydrogens is 333 g/mol. The minimum absolute atomic E-state index is 0.363. The fourth-order valence-electron chi connectivity index (χ4n) is 2.08. The van der Waals surface area contributed by atoms with Crippen molar-refractivity contribution in [2.45, 2.75) is 0 Å². The zero-order valence-corrected chi connectivity index (χ0v) is 13.4. The van der Waals surface area contributed by atoms with E-state index in [1.807, 2.05) is 12.1 Å². The molecule has 0 saturated carbocycles. The van der Waals surface area contributed by atoms with Crippen LogP contribution in [-0.2, 0) is 7.05 Å². The zero-order valence-electron chi connectivity index (χ0n) is 12.6. The summed E-state index contributed by atoms with van der Waals surface area (Å²) in [5, 5.41) is 4.95. The van der Waals surface area contributed by atoms with Crippen LogP contribution < -0.4 is 10.9 Å². The van der Waals surface area contributed by atoms with Crippen LogP contribution in [0.2, 0.25) is 5.02 Å². The Labute approximate surface area is 142 Å². The van der Waals surface area contributed by atoms with Crippen molar-refractivity contribution in [1.29, 1.82) is 0 Å². The van der Waals surface area contributed by atoms with Gasteiger partial charge in [0.25, 0.3) is 5.91 Å². The fourth-order valence-corrected chi connectivity index (χ4v) is 2.21. The molecule has 0 fully saturated rings. The molecule has 0 saturated heterocycles. The predicted molar refractivity (Wildman–Crippen MR) is 88.9 cm³/mol. The molecule has 0 radical (unpaired) electrons. The molecule has 0 aliphatic rings. The number of pyridine rings is 1. The standard InChI is InChI=1S/C16H13ClFN5O/c1-23-14(8-13(22-23)10-2-4-11(17)5-3-10)16(24)21-20-12-6-7-15(18)19-9-12/h2-9,20H,1H3,(H,21,24). The minimum Gasteiger partial charge on any atom is -0.297 e. The number of hydrogen-bond donors (Lipinski definition) is 2. The summed E-state index contributed by atoms with van der Waals surface area (Å²) in [7, 11) is 1.67. The number of rotatable bonds is 4. The van der Waals surface area contributed by atoms with E-state index in [1.165, 1.54) is 23.0 Å². The first-order valence-corrected chi connectivity index (χ1v) is 7.38. The van der Waals surface area contributed by atoms with Crippen molar-refractivity contribution in [3.8, 4) is 11.3 Å². The topological polar surface area (TPSA) is 71.8 Å². The molecule has 0 aliphatic carbocycles. The number of hydrazine groups is 1. The molecule has 3 aromatic rings. The number of halogens is 2. The first kappa shape index (κ1) is 15.9. The van der Waals surface area contributed by atoms with Gasteiger partial charge in [0.05, 0.1) is 17.6 Å². The number of benzene rings is 1. The van der Waals surface area contributed by atoms with Crippen molar-refractivity contribution in [2.24, 2.45) is 7.05 Å². The predicted octanol–water partition coefficient (Wildman–Crippen LogP) is 3.03. The molecule has 0 aliphatic heterocycles. The van der Waals surface area contributed by atoms with Gasteiger partial charge in [0.1, 0.15) is 5.69 Å². The second-order valence-electron chi connectivity index (χ2n) is 4.99. The van der Waals surface area contributed by atoms with Gasteiger partial charge in [0, 0.05) is 17.6 Å². The molecule has 24 heavy (non-hydrogen) atoms. The number of nitrogens with zero attached hydrogens (tertiary/aromatic N) is 3. The summed E-state index contributed by atoms with van der Waals surface area (Å²) in [6.07, 6.45) is 1.28. The van der Waals surface area contributed by atoms with E-state index in [1.54, 1.807) is 25.2 Å². The lowest BCUT2D eigenvalue weighted by Crippen LogP contribution is -2.30. The third kappa shape index (κ3) is 3.52. The number of carbonyl (C=O) groups excluding carboxylic acids is 1. The quantitative estimate of drug-likeness (QED) is 0.563. The average molecular weight is 346 g/mol. The number of hydrogen-bond acceptors (Lipinski definition) is 4. The van der Waals surface area contributed by atoms with Gasteiger partial charge in [-0.3, -0.25) is 20.3 Å². The highest BCUT2D eigenvalue weighted by atomic mass is 35.5. The van der Waals surface area contributed by atoms with Crippen LogP contribution in [0.1, 0.15) is 10.5 Å². The van der Waals surface area contributed by atoms with E-state index >= 15 is 0 Å². The molecule has 0 unspecified atom stereocenters. The van der Waals surface area contributed by atoms with Crippen LogP contribution in [0, 0.1) is 5.95 Å². The maximum atomic E-state index is 12.7. The van der Waals surface area contributed by atoms with Gasteiger partial charge < -0.3 is 0 Å². The van der Waals surface area contributed by atoms with Gasteiger partial charge >= 0.3 is 0 Å². The van der Waals surface area contributed by atoms with Gasteiger partial charge in [-0.25, -0.2) is 4.98 Å². The Kier molecular flexibility index (Phi) is 4.43. The Balaban J connectivity index is 1.73. The number of carbonyl (C=O) groups is 1. The van der Waals surface area contributed by atoms with Crippen molar-refractivity contribution < 1.29 is 9.18 Å². The summed E-state index contributed by atoms with van der Waals surface area (Å²) in [5.41, 5.74) is 7.52. The zero-order chi connectivity index (χ0) is 17.1. The maximum absolute atomic E-state index is 12.7. The monoisotopic (exact) mass is 345 g/mol. The molecular formula is C16H13ClFN5O. The molecule has 3 rings (SSSR count). The highest BCUT2D eigenvalue weighted by Gasteiger charge is 2.14. The smallest absolute Gasteiger partial charge is 0.287 e. The summed E-state index contributed by atoms with van der Waals surface area (Å²) in [5.74, 6) is -0.972. The number of aromatic nitrogens is 3. The largest absolute Gasteiger partial charge is 0.297 e. The van der Waals surface area contributed by atoms with E-state index < -0.39 is 5.95 Å². The van der Waals surface area contributed by atoms with Crippen LogP contribution in [0.15, 0.2) is 48.7 Å². The van der Waals surface area contributed by atoms with E-state index in [-0.39, 0.29) is 5.91 Å². The summed E-state index contributed by atoms with van der Waals surface area (Å²) < 4.78 is 14.2. The highest BCUT2D eigenvalue weighted by Crippen LogP contribution is 2.21. The van der Waals surface area contributed by atoms with Gasteiger partial charge in [-0.2, -0.15) is 9.49 Å². The van der Waals surface area contributed by atoms with Crippen molar-refractivity contribution in [1.82, 2.24) is 20.2 Å². The molecule has 0 atom stereocenters. The first-order valence-electron chi connectivity index (χ1n) is 7.01.